The predicted molar refractivity (Wildman–Crippen MR) is 76.8 cm³/mol. The first-order chi connectivity index (χ1) is 10.2. The quantitative estimate of drug-likeness (QED) is 0.798. The number of benzene rings is 1. The Bertz CT molecular complexity index is 847. The van der Waals surface area contributed by atoms with Gasteiger partial charge >= 0.3 is 0 Å². The van der Waals surface area contributed by atoms with Crippen LogP contribution in [-0.2, 0) is 13.0 Å². The molecule has 0 radical (unpaired) electrons. The molecule has 0 unspecified atom stereocenters. The molecule has 6 heteroatoms. The third-order valence-corrected chi connectivity index (χ3v) is 3.33. The van der Waals surface area contributed by atoms with Crippen LogP contribution in [0.3, 0.4) is 0 Å². The lowest BCUT2D eigenvalue weighted by molar-refractivity contribution is 0.622. The van der Waals surface area contributed by atoms with Crippen molar-refractivity contribution in [3.05, 3.63) is 53.7 Å². The molecule has 2 N–H and O–H groups in total. The number of rotatable bonds is 3. The Labute approximate surface area is 120 Å². The zero-order valence-corrected chi connectivity index (χ0v) is 11.1. The van der Waals surface area contributed by atoms with Gasteiger partial charge in [0.15, 0.2) is 0 Å². The summed E-state index contributed by atoms with van der Waals surface area (Å²) >= 11 is 0. The minimum Gasteiger partial charge on any atom is -0.383 e. The molecule has 0 bridgehead atoms. The summed E-state index contributed by atoms with van der Waals surface area (Å²) in [6, 6.07) is 8.56. The SMILES string of the molecule is N#Cc1cn(CCc2cccc(F)c2)c2ncnc(N)c12. The summed E-state index contributed by atoms with van der Waals surface area (Å²) in [6.07, 6.45) is 3.71. The van der Waals surface area contributed by atoms with Gasteiger partial charge in [0, 0.05) is 12.7 Å². The summed E-state index contributed by atoms with van der Waals surface area (Å²) in [7, 11) is 0. The van der Waals surface area contributed by atoms with Crippen molar-refractivity contribution in [2.24, 2.45) is 0 Å². The van der Waals surface area contributed by atoms with Crippen molar-refractivity contribution in [2.75, 3.05) is 5.73 Å². The molecule has 5 nitrogen and oxygen atoms in total. The maximum Gasteiger partial charge on any atom is 0.146 e. The lowest BCUT2D eigenvalue weighted by Crippen LogP contribution is -2.02. The molecule has 3 rings (SSSR count). The van der Waals surface area contributed by atoms with E-state index in [1.165, 1.54) is 18.5 Å². The molecular formula is C15H12FN5. The van der Waals surface area contributed by atoms with Crippen molar-refractivity contribution in [3.8, 4) is 6.07 Å². The molecule has 0 saturated heterocycles. The highest BCUT2D eigenvalue weighted by Gasteiger charge is 2.12. The summed E-state index contributed by atoms with van der Waals surface area (Å²) in [5.41, 5.74) is 7.76. The molecular weight excluding hydrogens is 269 g/mol. The first-order valence-corrected chi connectivity index (χ1v) is 6.43. The molecule has 0 amide bonds. The van der Waals surface area contributed by atoms with Gasteiger partial charge in [-0.05, 0) is 24.1 Å². The molecule has 3 aromatic rings. The summed E-state index contributed by atoms with van der Waals surface area (Å²) in [5.74, 6) is 0.0372. The van der Waals surface area contributed by atoms with Gasteiger partial charge in [-0.2, -0.15) is 5.26 Å². The number of nitrogen functional groups attached to an aromatic ring is 1. The van der Waals surface area contributed by atoms with Gasteiger partial charge in [0.1, 0.15) is 29.7 Å². The number of nitrogens with zero attached hydrogens (tertiary/aromatic N) is 4. The van der Waals surface area contributed by atoms with Gasteiger partial charge < -0.3 is 10.3 Å². The van der Waals surface area contributed by atoms with Crippen LogP contribution in [0, 0.1) is 17.1 Å². The summed E-state index contributed by atoms with van der Waals surface area (Å²) in [4.78, 5) is 8.10. The number of nitriles is 1. The Balaban J connectivity index is 1.95. The number of nitrogens with two attached hydrogens (primary N) is 1. The van der Waals surface area contributed by atoms with Crippen LogP contribution in [0.2, 0.25) is 0 Å². The molecule has 0 atom stereocenters. The Morgan fingerprint density at radius 3 is 2.95 bits per heavy atom. The Kier molecular flexibility index (Phi) is 3.24. The van der Waals surface area contributed by atoms with Crippen molar-refractivity contribution in [3.63, 3.8) is 0 Å². The van der Waals surface area contributed by atoms with Gasteiger partial charge in [0.2, 0.25) is 0 Å². The average Bonchev–Trinajstić information content (AvgIpc) is 2.85. The summed E-state index contributed by atoms with van der Waals surface area (Å²) in [5, 5.41) is 9.74. The van der Waals surface area contributed by atoms with Crippen LogP contribution in [-0.4, -0.2) is 14.5 Å². The zero-order valence-electron chi connectivity index (χ0n) is 11.1. The average molecular weight is 281 g/mol. The summed E-state index contributed by atoms with van der Waals surface area (Å²) in [6.45, 7) is 0.581. The number of fused-ring (bicyclic) bond motifs is 1. The molecule has 2 aromatic heterocycles. The van der Waals surface area contributed by atoms with Crippen LogP contribution in [0.5, 0.6) is 0 Å². The zero-order chi connectivity index (χ0) is 14.8. The number of hydrogen-bond donors (Lipinski definition) is 1. The molecule has 2 heterocycles. The molecule has 0 aliphatic carbocycles. The minimum absolute atomic E-state index is 0.255. The lowest BCUT2D eigenvalue weighted by atomic mass is 10.1. The van der Waals surface area contributed by atoms with E-state index in [9.17, 15) is 9.65 Å². The van der Waals surface area contributed by atoms with Gasteiger partial charge in [-0.15, -0.1) is 0 Å². The maximum absolute atomic E-state index is 13.2. The van der Waals surface area contributed by atoms with E-state index in [1.807, 2.05) is 10.6 Å². The second-order valence-electron chi connectivity index (χ2n) is 4.69. The number of hydrogen-bond acceptors (Lipinski definition) is 4. The normalized spacial score (nSPS) is 10.7. The van der Waals surface area contributed by atoms with Crippen LogP contribution in [0.25, 0.3) is 11.0 Å². The first kappa shape index (κ1) is 13.1. The lowest BCUT2D eigenvalue weighted by Gasteiger charge is -2.05. The van der Waals surface area contributed by atoms with Crippen molar-refractivity contribution >= 4 is 16.9 Å². The fourth-order valence-electron chi connectivity index (χ4n) is 2.34. The molecule has 104 valence electrons. The Morgan fingerprint density at radius 1 is 1.33 bits per heavy atom. The third-order valence-electron chi connectivity index (χ3n) is 3.33. The molecule has 0 fully saturated rings. The standard InChI is InChI=1S/C15H12FN5/c16-12-3-1-2-10(6-12)4-5-21-8-11(7-17)13-14(18)19-9-20-15(13)21/h1-3,6,8-9H,4-5H2,(H2,18,19,20). The van der Waals surface area contributed by atoms with E-state index in [-0.39, 0.29) is 5.82 Å². The Morgan fingerprint density at radius 2 is 2.19 bits per heavy atom. The molecule has 0 aliphatic heterocycles. The van der Waals surface area contributed by atoms with Crippen LogP contribution in [0.1, 0.15) is 11.1 Å². The van der Waals surface area contributed by atoms with Crippen molar-refractivity contribution in [1.29, 1.82) is 5.26 Å². The Hall–Kier alpha value is -2.94. The highest BCUT2D eigenvalue weighted by molar-refractivity contribution is 5.91. The van der Waals surface area contributed by atoms with Crippen molar-refractivity contribution in [1.82, 2.24) is 14.5 Å². The van der Waals surface area contributed by atoms with E-state index >= 15 is 0 Å². The topological polar surface area (TPSA) is 80.5 Å². The molecule has 1 aromatic carbocycles. The van der Waals surface area contributed by atoms with Gasteiger partial charge in [0.25, 0.3) is 0 Å². The monoisotopic (exact) mass is 281 g/mol. The number of aromatic nitrogens is 3. The third kappa shape index (κ3) is 2.41. The first-order valence-electron chi connectivity index (χ1n) is 6.43. The second-order valence-corrected chi connectivity index (χ2v) is 4.69. The van der Waals surface area contributed by atoms with Crippen molar-refractivity contribution < 1.29 is 4.39 Å². The van der Waals surface area contributed by atoms with Gasteiger partial charge in [-0.25, -0.2) is 14.4 Å². The number of anilines is 1. The minimum atomic E-state index is -0.255. The molecule has 0 spiro atoms. The predicted octanol–water partition coefficient (Wildman–Crippen LogP) is 2.27. The van der Waals surface area contributed by atoms with E-state index in [2.05, 4.69) is 16.0 Å². The molecule has 21 heavy (non-hydrogen) atoms. The van der Waals surface area contributed by atoms with E-state index in [0.717, 1.165) is 5.56 Å². The van der Waals surface area contributed by atoms with Gasteiger partial charge in [-0.3, -0.25) is 0 Å². The van der Waals surface area contributed by atoms with E-state index in [4.69, 9.17) is 5.73 Å². The molecule has 0 saturated carbocycles. The van der Waals surface area contributed by atoms with E-state index in [0.29, 0.717) is 35.4 Å². The van der Waals surface area contributed by atoms with Gasteiger partial charge in [-0.1, -0.05) is 12.1 Å². The fourth-order valence-corrected chi connectivity index (χ4v) is 2.34. The van der Waals surface area contributed by atoms with Crippen LogP contribution in [0.4, 0.5) is 10.2 Å². The summed E-state index contributed by atoms with van der Waals surface area (Å²) < 4.78 is 15.0. The highest BCUT2D eigenvalue weighted by Crippen LogP contribution is 2.23. The van der Waals surface area contributed by atoms with Crippen molar-refractivity contribution in [2.45, 2.75) is 13.0 Å². The van der Waals surface area contributed by atoms with E-state index in [1.54, 1.807) is 12.3 Å². The van der Waals surface area contributed by atoms with E-state index < -0.39 is 0 Å². The molecule has 0 aliphatic rings. The number of halogens is 1. The van der Waals surface area contributed by atoms with Gasteiger partial charge in [0.05, 0.1) is 10.9 Å². The maximum atomic E-state index is 13.2. The largest absolute Gasteiger partial charge is 0.383 e. The number of aryl methyl sites for hydroxylation is 2. The highest BCUT2D eigenvalue weighted by atomic mass is 19.1. The second kappa shape index (κ2) is 5.21. The smallest absolute Gasteiger partial charge is 0.146 e. The van der Waals surface area contributed by atoms with Crippen LogP contribution in [0.15, 0.2) is 36.8 Å². The fraction of sp³-hybridized carbons (Fsp3) is 0.133. The van der Waals surface area contributed by atoms with Crippen LogP contribution >= 0.6 is 0 Å². The van der Waals surface area contributed by atoms with Crippen LogP contribution < -0.4 is 5.73 Å².